The lowest BCUT2D eigenvalue weighted by Gasteiger charge is -2.19. The predicted octanol–water partition coefficient (Wildman–Crippen LogP) is 3.67. The molecule has 0 atom stereocenters. The van der Waals surface area contributed by atoms with Gasteiger partial charge in [-0.25, -0.2) is 13.2 Å². The predicted molar refractivity (Wildman–Crippen MR) is 165 cm³/mol. The number of carbonyl (C=O) groups is 2. The highest BCUT2D eigenvalue weighted by Gasteiger charge is 2.26. The van der Waals surface area contributed by atoms with E-state index in [1.54, 1.807) is 0 Å². The van der Waals surface area contributed by atoms with E-state index in [0.29, 0.717) is 66.1 Å². The van der Waals surface area contributed by atoms with Crippen molar-refractivity contribution in [2.45, 2.75) is 52.5 Å². The molecule has 1 rings (SSSR count). The Balaban J connectivity index is 2.27. The van der Waals surface area contributed by atoms with Crippen molar-refractivity contribution in [3.05, 3.63) is 28.8 Å². The third-order valence-electron chi connectivity index (χ3n) is 6.14. The largest absolute Gasteiger partial charge is 0.420 e. The number of hydrogen-bond donors (Lipinski definition) is 1. The zero-order valence-corrected chi connectivity index (χ0v) is 28.2. The van der Waals surface area contributed by atoms with Gasteiger partial charge in [0.1, 0.15) is 0 Å². The van der Waals surface area contributed by atoms with E-state index < -0.39 is 53.0 Å². The smallest absolute Gasteiger partial charge is 0.313 e. The minimum Gasteiger partial charge on any atom is -0.420 e. The van der Waals surface area contributed by atoms with E-state index in [1.807, 2.05) is 13.8 Å². The van der Waals surface area contributed by atoms with E-state index in [1.165, 1.54) is 0 Å². The van der Waals surface area contributed by atoms with Crippen LogP contribution in [0.5, 0.6) is 5.75 Å². The minimum atomic E-state index is -1.94. The van der Waals surface area contributed by atoms with Crippen LogP contribution >= 0.6 is 0 Å². The van der Waals surface area contributed by atoms with Gasteiger partial charge in [-0.2, -0.15) is 4.39 Å². The average molecular weight is 702 g/mol. The van der Waals surface area contributed by atoms with Gasteiger partial charge in [0.2, 0.25) is 17.5 Å². The molecule has 48 heavy (non-hydrogen) atoms. The van der Waals surface area contributed by atoms with E-state index in [9.17, 15) is 27.2 Å². The molecule has 0 radical (unpaired) electrons. The van der Waals surface area contributed by atoms with Crippen molar-refractivity contribution in [1.82, 2.24) is 5.32 Å². The second kappa shape index (κ2) is 28.4. The van der Waals surface area contributed by atoms with Crippen LogP contribution < -0.4 is 10.1 Å². The summed E-state index contributed by atoms with van der Waals surface area (Å²) in [6, 6.07) is -0.418. The monoisotopic (exact) mass is 701 g/mol. The van der Waals surface area contributed by atoms with E-state index >= 15 is 0 Å². The molecule has 0 unspecified atom stereocenters. The molecule has 1 aromatic rings. The third kappa shape index (κ3) is 20.2. The number of rotatable bonds is 31. The third-order valence-corrected chi connectivity index (χ3v) is 6.14. The first-order valence-electron chi connectivity index (χ1n) is 16.2. The van der Waals surface area contributed by atoms with Crippen LogP contribution in [0.15, 0.2) is 0 Å². The molecule has 1 amide bonds. The lowest BCUT2D eigenvalue weighted by Crippen LogP contribution is -2.42. The van der Waals surface area contributed by atoms with Crippen molar-refractivity contribution in [2.24, 2.45) is 0 Å². The number of carbonyl (C=O) groups excluding carboxylic acids is 2. The van der Waals surface area contributed by atoms with Crippen molar-refractivity contribution < 1.29 is 69.8 Å². The summed E-state index contributed by atoms with van der Waals surface area (Å²) in [6.07, 6.45) is 1.53. The van der Waals surface area contributed by atoms with Gasteiger partial charge in [0.15, 0.2) is 17.5 Å². The number of nitrogens with one attached hydrogen (secondary N) is 1. The SMILES string of the molecule is CCCOCCOCCOCC(COCCOCCOCCC)NC(=O)CCOCCOCCC(=O)Oc1c(F)c(C)c(F)c(F)c1F. The number of hydrogen-bond acceptors (Lipinski definition) is 11. The second-order valence-electron chi connectivity index (χ2n) is 10.3. The van der Waals surface area contributed by atoms with Gasteiger partial charge in [-0.05, 0) is 19.8 Å². The summed E-state index contributed by atoms with van der Waals surface area (Å²) in [7, 11) is 0. The first-order chi connectivity index (χ1) is 23.2. The topological polar surface area (TPSA) is 129 Å². The van der Waals surface area contributed by atoms with Crippen molar-refractivity contribution in [1.29, 1.82) is 0 Å². The molecule has 0 saturated heterocycles. The highest BCUT2D eigenvalue weighted by Crippen LogP contribution is 2.29. The second-order valence-corrected chi connectivity index (χ2v) is 10.3. The average Bonchev–Trinajstić information content (AvgIpc) is 3.07. The number of esters is 1. The van der Waals surface area contributed by atoms with Gasteiger partial charge < -0.3 is 47.9 Å². The van der Waals surface area contributed by atoms with Crippen LogP contribution in [0.25, 0.3) is 0 Å². The number of halogens is 4. The first-order valence-corrected chi connectivity index (χ1v) is 16.2. The summed E-state index contributed by atoms with van der Waals surface area (Å²) in [5.41, 5.74) is -0.814. The highest BCUT2D eigenvalue weighted by molar-refractivity contribution is 5.76. The number of amides is 1. The maximum Gasteiger partial charge on any atom is 0.313 e. The van der Waals surface area contributed by atoms with Gasteiger partial charge >= 0.3 is 5.97 Å². The van der Waals surface area contributed by atoms with Crippen LogP contribution in [0.3, 0.4) is 0 Å². The molecule has 1 N–H and O–H groups in total. The lowest BCUT2D eigenvalue weighted by atomic mass is 10.2. The fourth-order valence-corrected chi connectivity index (χ4v) is 3.67. The molecule has 0 aliphatic carbocycles. The molecule has 0 aliphatic heterocycles. The summed E-state index contributed by atoms with van der Waals surface area (Å²) in [6.45, 7) is 10.2. The Kier molecular flexibility index (Phi) is 25.8. The molecular weight excluding hydrogens is 650 g/mol. The Labute approximate surface area is 279 Å². The minimum absolute atomic E-state index is 0.0474. The Morgan fingerprint density at radius 3 is 1.44 bits per heavy atom. The standard InChI is InChI=1S/C32H51F4NO11/c1-4-8-40-12-16-44-18-20-46-22-25(23-47-21-19-45-17-13-41-9-5-2)37-26(38)6-10-42-14-15-43-11-7-27(39)48-32-29(34)24(3)28(33)30(35)31(32)36/h25H,4-23H2,1-3H3,(H,37,38). The molecule has 278 valence electrons. The Bertz CT molecular complexity index is 972. The molecule has 0 saturated carbocycles. The molecule has 16 heteroatoms. The molecular formula is C32H51F4NO11. The Hall–Kier alpha value is -2.44. The number of benzene rings is 1. The van der Waals surface area contributed by atoms with Gasteiger partial charge in [-0.15, -0.1) is 0 Å². The van der Waals surface area contributed by atoms with Crippen LogP contribution in [0.2, 0.25) is 0 Å². The molecule has 0 spiro atoms. The summed E-state index contributed by atoms with van der Waals surface area (Å²) in [5, 5.41) is 2.86. The quantitative estimate of drug-likeness (QED) is 0.0304. The molecule has 1 aromatic carbocycles. The van der Waals surface area contributed by atoms with Gasteiger partial charge in [-0.1, -0.05) is 13.8 Å². The van der Waals surface area contributed by atoms with E-state index in [0.717, 1.165) is 19.8 Å². The zero-order chi connectivity index (χ0) is 35.4. The molecule has 0 heterocycles. The highest BCUT2D eigenvalue weighted by atomic mass is 19.2. The first kappa shape index (κ1) is 43.6. The van der Waals surface area contributed by atoms with Crippen LogP contribution in [-0.2, 0) is 47.5 Å². The van der Waals surface area contributed by atoms with E-state index in [-0.39, 0.29) is 52.0 Å². The van der Waals surface area contributed by atoms with Gasteiger partial charge in [-0.3, -0.25) is 9.59 Å². The van der Waals surface area contributed by atoms with Gasteiger partial charge in [0, 0.05) is 25.2 Å². The fraction of sp³-hybridized carbons (Fsp3) is 0.750. The molecule has 0 bridgehead atoms. The summed E-state index contributed by atoms with van der Waals surface area (Å²) in [4.78, 5) is 24.4. The van der Waals surface area contributed by atoms with Crippen molar-refractivity contribution in [2.75, 3.05) is 106 Å². The summed E-state index contributed by atoms with van der Waals surface area (Å²) < 4.78 is 103. The van der Waals surface area contributed by atoms with Gasteiger partial charge in [0.05, 0.1) is 105 Å². The van der Waals surface area contributed by atoms with E-state index in [4.69, 9.17) is 37.9 Å². The Morgan fingerprint density at radius 2 is 0.958 bits per heavy atom. The van der Waals surface area contributed by atoms with Gasteiger partial charge in [0.25, 0.3) is 0 Å². The zero-order valence-electron chi connectivity index (χ0n) is 28.2. The maximum atomic E-state index is 14.0. The van der Waals surface area contributed by atoms with Crippen molar-refractivity contribution >= 4 is 11.9 Å². The molecule has 0 aliphatic rings. The number of ether oxygens (including phenoxy) is 9. The van der Waals surface area contributed by atoms with Crippen LogP contribution in [-0.4, -0.2) is 124 Å². The van der Waals surface area contributed by atoms with Crippen LogP contribution in [0.1, 0.15) is 45.1 Å². The fourth-order valence-electron chi connectivity index (χ4n) is 3.67. The summed E-state index contributed by atoms with van der Waals surface area (Å²) >= 11 is 0. The van der Waals surface area contributed by atoms with E-state index in [2.05, 4.69) is 10.1 Å². The molecule has 0 fully saturated rings. The lowest BCUT2D eigenvalue weighted by molar-refractivity contribution is -0.136. The van der Waals surface area contributed by atoms with Crippen molar-refractivity contribution in [3.63, 3.8) is 0 Å². The van der Waals surface area contributed by atoms with Crippen molar-refractivity contribution in [3.8, 4) is 5.75 Å². The summed E-state index contributed by atoms with van der Waals surface area (Å²) in [5.74, 6) is -9.77. The molecule has 0 aromatic heterocycles. The molecule has 12 nitrogen and oxygen atoms in total. The van der Waals surface area contributed by atoms with Crippen LogP contribution in [0.4, 0.5) is 17.6 Å². The normalized spacial score (nSPS) is 11.4. The Morgan fingerprint density at radius 1 is 0.542 bits per heavy atom. The maximum absolute atomic E-state index is 14.0. The van der Waals surface area contributed by atoms with Crippen LogP contribution in [0, 0.1) is 30.2 Å².